The number of benzene rings is 1. The third-order valence-electron chi connectivity index (χ3n) is 3.65. The monoisotopic (exact) mass is 251 g/mol. The third kappa shape index (κ3) is 2.66. The van der Waals surface area contributed by atoms with E-state index in [4.69, 9.17) is 0 Å². The van der Waals surface area contributed by atoms with Crippen LogP contribution in [0.1, 0.15) is 38.9 Å². The molecule has 3 atom stereocenters. The van der Waals surface area contributed by atoms with Crippen molar-refractivity contribution in [2.24, 2.45) is 11.8 Å². The molecule has 2 unspecified atom stereocenters. The molecule has 1 aromatic carbocycles. The predicted octanol–water partition coefficient (Wildman–Crippen LogP) is 3.36. The first-order valence-electron chi connectivity index (χ1n) is 6.70. The molecule has 1 aliphatic rings. The number of nitrogens with zero attached hydrogens (tertiary/aromatic N) is 1. The summed E-state index contributed by atoms with van der Waals surface area (Å²) < 4.78 is 14.1. The Balaban J connectivity index is 2.37. The van der Waals surface area contributed by atoms with Gasteiger partial charge < -0.3 is 10.0 Å². The maximum absolute atomic E-state index is 14.1. The zero-order valence-electron chi connectivity index (χ0n) is 11.4. The highest BCUT2D eigenvalue weighted by molar-refractivity contribution is 5.56. The van der Waals surface area contributed by atoms with Crippen LogP contribution in [0.2, 0.25) is 0 Å². The molecule has 0 aliphatic carbocycles. The smallest absolute Gasteiger partial charge is 0.146 e. The molecule has 0 radical (unpaired) electrons. The first-order valence-corrected chi connectivity index (χ1v) is 6.70. The highest BCUT2D eigenvalue weighted by atomic mass is 19.1. The van der Waals surface area contributed by atoms with E-state index in [2.05, 4.69) is 18.7 Å². The number of hydrogen-bond donors (Lipinski definition) is 1. The number of anilines is 1. The molecule has 2 nitrogen and oxygen atoms in total. The second kappa shape index (κ2) is 5.27. The van der Waals surface area contributed by atoms with Gasteiger partial charge in [0.2, 0.25) is 0 Å². The van der Waals surface area contributed by atoms with Crippen molar-refractivity contribution < 1.29 is 9.50 Å². The molecule has 1 fully saturated rings. The van der Waals surface area contributed by atoms with Crippen molar-refractivity contribution in [1.29, 1.82) is 0 Å². The molecule has 2 rings (SSSR count). The van der Waals surface area contributed by atoms with E-state index in [9.17, 15) is 9.50 Å². The van der Waals surface area contributed by atoms with E-state index in [-0.39, 0.29) is 5.82 Å². The van der Waals surface area contributed by atoms with Crippen LogP contribution in [0.4, 0.5) is 10.1 Å². The average Bonchev–Trinajstić information content (AvgIpc) is 2.26. The number of rotatable bonds is 2. The summed E-state index contributed by atoms with van der Waals surface area (Å²) in [5, 5.41) is 9.80. The van der Waals surface area contributed by atoms with Crippen LogP contribution >= 0.6 is 0 Å². The second-order valence-corrected chi connectivity index (χ2v) is 5.70. The molecule has 0 spiro atoms. The standard InChI is InChI=1S/C15H22FNO/c1-10-7-11(2)9-17(8-10)15-13(12(3)18)5-4-6-14(15)16/h4-6,10-12,18H,7-9H2,1-3H3/t10?,11?,12-/m0/s1. The van der Waals surface area contributed by atoms with Gasteiger partial charge in [0.1, 0.15) is 5.82 Å². The molecule has 0 aromatic heterocycles. The molecular weight excluding hydrogens is 229 g/mol. The van der Waals surface area contributed by atoms with Gasteiger partial charge in [-0.15, -0.1) is 0 Å². The summed E-state index contributed by atoms with van der Waals surface area (Å²) in [6.45, 7) is 7.82. The Bertz CT molecular complexity index is 409. The molecule has 18 heavy (non-hydrogen) atoms. The average molecular weight is 251 g/mol. The number of halogens is 1. The molecular formula is C15H22FNO. The number of piperidine rings is 1. The molecule has 3 heteroatoms. The third-order valence-corrected chi connectivity index (χ3v) is 3.65. The fourth-order valence-corrected chi connectivity index (χ4v) is 3.05. The summed E-state index contributed by atoms with van der Waals surface area (Å²) in [4.78, 5) is 2.09. The highest BCUT2D eigenvalue weighted by Gasteiger charge is 2.26. The summed E-state index contributed by atoms with van der Waals surface area (Å²) in [6, 6.07) is 4.95. The van der Waals surface area contributed by atoms with Gasteiger partial charge in [-0.3, -0.25) is 0 Å². The van der Waals surface area contributed by atoms with E-state index >= 15 is 0 Å². The fourth-order valence-electron chi connectivity index (χ4n) is 3.05. The van der Waals surface area contributed by atoms with Crippen LogP contribution < -0.4 is 4.90 Å². The zero-order chi connectivity index (χ0) is 13.3. The lowest BCUT2D eigenvalue weighted by Gasteiger charge is -2.38. The summed E-state index contributed by atoms with van der Waals surface area (Å²) in [7, 11) is 0. The molecule has 1 aromatic rings. The Kier molecular flexibility index (Phi) is 3.91. The number of hydrogen-bond acceptors (Lipinski definition) is 2. The van der Waals surface area contributed by atoms with E-state index in [1.807, 2.05) is 6.07 Å². The topological polar surface area (TPSA) is 23.5 Å². The summed E-state index contributed by atoms with van der Waals surface area (Å²) in [5.74, 6) is 0.903. The first kappa shape index (κ1) is 13.3. The number of para-hydroxylation sites is 1. The lowest BCUT2D eigenvalue weighted by molar-refractivity contribution is 0.198. The van der Waals surface area contributed by atoms with Crippen LogP contribution in [0.15, 0.2) is 18.2 Å². The van der Waals surface area contributed by atoms with Gasteiger partial charge in [0.05, 0.1) is 11.8 Å². The molecule has 1 aliphatic heterocycles. The number of aliphatic hydroxyl groups excluding tert-OH is 1. The minimum atomic E-state index is -0.636. The van der Waals surface area contributed by atoms with Gasteiger partial charge in [-0.05, 0) is 31.2 Å². The van der Waals surface area contributed by atoms with Crippen LogP contribution in [0.5, 0.6) is 0 Å². The van der Waals surface area contributed by atoms with Crippen LogP contribution in [0.25, 0.3) is 0 Å². The first-order chi connectivity index (χ1) is 8.49. The lowest BCUT2D eigenvalue weighted by Crippen LogP contribution is -2.39. The van der Waals surface area contributed by atoms with Crippen molar-refractivity contribution >= 4 is 5.69 Å². The van der Waals surface area contributed by atoms with Crippen molar-refractivity contribution in [3.63, 3.8) is 0 Å². The summed E-state index contributed by atoms with van der Waals surface area (Å²) in [6.07, 6.45) is 0.554. The SMILES string of the molecule is CC1CC(C)CN(c2c(F)cccc2[C@H](C)O)C1. The lowest BCUT2D eigenvalue weighted by atomic mass is 9.91. The minimum Gasteiger partial charge on any atom is -0.389 e. The predicted molar refractivity (Wildman–Crippen MR) is 72.2 cm³/mol. The zero-order valence-corrected chi connectivity index (χ0v) is 11.4. The van der Waals surface area contributed by atoms with Crippen LogP contribution in [0.3, 0.4) is 0 Å². The van der Waals surface area contributed by atoms with E-state index in [0.29, 0.717) is 23.1 Å². The van der Waals surface area contributed by atoms with Crippen molar-refractivity contribution in [3.8, 4) is 0 Å². The van der Waals surface area contributed by atoms with Crippen molar-refractivity contribution in [3.05, 3.63) is 29.6 Å². The Labute approximate surface area is 108 Å². The normalized spacial score (nSPS) is 26.2. The molecule has 0 saturated carbocycles. The van der Waals surface area contributed by atoms with Gasteiger partial charge in [-0.1, -0.05) is 26.0 Å². The maximum Gasteiger partial charge on any atom is 0.146 e. The largest absolute Gasteiger partial charge is 0.389 e. The quantitative estimate of drug-likeness (QED) is 0.871. The van der Waals surface area contributed by atoms with Gasteiger partial charge in [0.15, 0.2) is 0 Å². The van der Waals surface area contributed by atoms with Gasteiger partial charge in [-0.25, -0.2) is 4.39 Å². The van der Waals surface area contributed by atoms with Crippen LogP contribution in [0, 0.1) is 17.7 Å². The molecule has 0 bridgehead atoms. The Hall–Kier alpha value is -1.09. The maximum atomic E-state index is 14.1. The van der Waals surface area contributed by atoms with Crippen LogP contribution in [-0.4, -0.2) is 18.2 Å². The molecule has 1 N–H and O–H groups in total. The molecule has 100 valence electrons. The second-order valence-electron chi connectivity index (χ2n) is 5.70. The van der Waals surface area contributed by atoms with Crippen LogP contribution in [-0.2, 0) is 0 Å². The Morgan fingerprint density at radius 1 is 1.28 bits per heavy atom. The minimum absolute atomic E-state index is 0.227. The summed E-state index contributed by atoms with van der Waals surface area (Å²) >= 11 is 0. The van der Waals surface area contributed by atoms with E-state index in [1.165, 1.54) is 12.5 Å². The molecule has 1 heterocycles. The number of aliphatic hydroxyl groups is 1. The van der Waals surface area contributed by atoms with E-state index in [0.717, 1.165) is 13.1 Å². The molecule has 1 saturated heterocycles. The molecule has 0 amide bonds. The van der Waals surface area contributed by atoms with Gasteiger partial charge >= 0.3 is 0 Å². The van der Waals surface area contributed by atoms with Gasteiger partial charge in [0, 0.05) is 18.7 Å². The fraction of sp³-hybridized carbons (Fsp3) is 0.600. The highest BCUT2D eigenvalue weighted by Crippen LogP contribution is 2.33. The Morgan fingerprint density at radius 2 is 1.89 bits per heavy atom. The van der Waals surface area contributed by atoms with Gasteiger partial charge in [-0.2, -0.15) is 0 Å². The Morgan fingerprint density at radius 3 is 2.44 bits per heavy atom. The van der Waals surface area contributed by atoms with Crippen molar-refractivity contribution in [1.82, 2.24) is 0 Å². The van der Waals surface area contributed by atoms with E-state index in [1.54, 1.807) is 13.0 Å². The van der Waals surface area contributed by atoms with Crippen molar-refractivity contribution in [2.75, 3.05) is 18.0 Å². The van der Waals surface area contributed by atoms with Gasteiger partial charge in [0.25, 0.3) is 0 Å². The summed E-state index contributed by atoms with van der Waals surface area (Å²) in [5.41, 5.74) is 1.28. The van der Waals surface area contributed by atoms with E-state index < -0.39 is 6.10 Å². The van der Waals surface area contributed by atoms with Crippen molar-refractivity contribution in [2.45, 2.75) is 33.3 Å².